The molecule has 0 fully saturated rings. The van der Waals surface area contributed by atoms with E-state index in [-0.39, 0.29) is 5.82 Å². The number of anilines is 1. The van der Waals surface area contributed by atoms with Crippen molar-refractivity contribution in [2.45, 2.75) is 16.7 Å². The van der Waals surface area contributed by atoms with Gasteiger partial charge in [0.1, 0.15) is 5.82 Å². The predicted molar refractivity (Wildman–Crippen MR) is 66.1 cm³/mol. The van der Waals surface area contributed by atoms with Crippen LogP contribution in [0.25, 0.3) is 0 Å². The minimum atomic E-state index is -0.176. The maximum Gasteiger partial charge on any atom is 0.126 e. The van der Waals surface area contributed by atoms with Crippen molar-refractivity contribution in [3.8, 4) is 0 Å². The van der Waals surface area contributed by atoms with Gasteiger partial charge < -0.3 is 5.73 Å². The summed E-state index contributed by atoms with van der Waals surface area (Å²) in [6, 6.07) is 12.7. The zero-order valence-corrected chi connectivity index (χ0v) is 9.72. The number of halogens is 1. The minimum absolute atomic E-state index is 0.176. The number of rotatable bonds is 2. The number of aryl methyl sites for hydroxylation is 1. The summed E-state index contributed by atoms with van der Waals surface area (Å²) in [5, 5.41) is 0. The fourth-order valence-electron chi connectivity index (χ4n) is 1.38. The minimum Gasteiger partial charge on any atom is -0.398 e. The fraction of sp³-hybridized carbons (Fsp3) is 0.0769. The Labute approximate surface area is 98.5 Å². The van der Waals surface area contributed by atoms with E-state index in [0.29, 0.717) is 5.56 Å². The highest BCUT2D eigenvalue weighted by Crippen LogP contribution is 2.32. The van der Waals surface area contributed by atoms with Crippen LogP contribution in [-0.4, -0.2) is 0 Å². The molecule has 0 aliphatic heterocycles. The summed E-state index contributed by atoms with van der Waals surface area (Å²) in [6.45, 7) is 1.76. The third kappa shape index (κ3) is 2.36. The number of benzene rings is 2. The van der Waals surface area contributed by atoms with Crippen LogP contribution in [-0.2, 0) is 0 Å². The van der Waals surface area contributed by atoms with E-state index in [1.54, 1.807) is 24.8 Å². The molecule has 0 heterocycles. The van der Waals surface area contributed by atoms with E-state index < -0.39 is 0 Å². The fourth-order valence-corrected chi connectivity index (χ4v) is 2.34. The molecule has 0 unspecified atom stereocenters. The largest absolute Gasteiger partial charge is 0.398 e. The molecule has 2 rings (SSSR count). The Bertz CT molecular complexity index is 511. The lowest BCUT2D eigenvalue weighted by Gasteiger charge is -2.05. The maximum atomic E-state index is 13.1. The predicted octanol–water partition coefficient (Wildman–Crippen LogP) is 3.87. The summed E-state index contributed by atoms with van der Waals surface area (Å²) in [4.78, 5) is 1.99. The van der Waals surface area contributed by atoms with Gasteiger partial charge in [-0.3, -0.25) is 0 Å². The summed E-state index contributed by atoms with van der Waals surface area (Å²) >= 11 is 1.55. The topological polar surface area (TPSA) is 26.0 Å². The van der Waals surface area contributed by atoms with Gasteiger partial charge in [0.05, 0.1) is 0 Å². The molecule has 2 N–H and O–H groups in total. The van der Waals surface area contributed by atoms with Crippen LogP contribution in [0.2, 0.25) is 0 Å². The van der Waals surface area contributed by atoms with Gasteiger partial charge in [0.25, 0.3) is 0 Å². The first-order chi connectivity index (χ1) is 7.66. The first-order valence-corrected chi connectivity index (χ1v) is 5.77. The molecule has 16 heavy (non-hydrogen) atoms. The van der Waals surface area contributed by atoms with Crippen LogP contribution in [0.1, 0.15) is 5.56 Å². The van der Waals surface area contributed by atoms with Crippen molar-refractivity contribution in [1.29, 1.82) is 0 Å². The molecule has 0 spiro atoms. The van der Waals surface area contributed by atoms with Gasteiger partial charge in [-0.15, -0.1) is 0 Å². The van der Waals surface area contributed by atoms with Crippen molar-refractivity contribution in [2.75, 3.05) is 5.73 Å². The van der Waals surface area contributed by atoms with Crippen LogP contribution >= 0.6 is 11.8 Å². The number of nitrogen functional groups attached to an aromatic ring is 1. The zero-order chi connectivity index (χ0) is 11.5. The molecule has 0 amide bonds. The molecule has 82 valence electrons. The molecule has 2 aromatic carbocycles. The molecule has 0 atom stereocenters. The van der Waals surface area contributed by atoms with Crippen molar-refractivity contribution in [3.05, 3.63) is 53.8 Å². The molecule has 1 nitrogen and oxygen atoms in total. The number of hydrogen-bond donors (Lipinski definition) is 1. The van der Waals surface area contributed by atoms with E-state index in [1.807, 2.05) is 30.3 Å². The molecule has 0 aromatic heterocycles. The molecule has 0 saturated carbocycles. The highest BCUT2D eigenvalue weighted by atomic mass is 32.2. The Hall–Kier alpha value is -1.48. The highest BCUT2D eigenvalue weighted by Gasteiger charge is 2.03. The lowest BCUT2D eigenvalue weighted by molar-refractivity contribution is 0.617. The molecule has 2 aromatic rings. The standard InChI is InChI=1S/C13H12FNS/c1-9-8-10(6-7-11(9)14)16-13-5-3-2-4-12(13)15/h2-8H,15H2,1H3. The first-order valence-electron chi connectivity index (χ1n) is 4.95. The third-order valence-electron chi connectivity index (χ3n) is 2.28. The second kappa shape index (κ2) is 4.58. The van der Waals surface area contributed by atoms with E-state index in [4.69, 9.17) is 5.73 Å². The van der Waals surface area contributed by atoms with Crippen LogP contribution in [0.3, 0.4) is 0 Å². The van der Waals surface area contributed by atoms with E-state index in [1.165, 1.54) is 6.07 Å². The molecule has 0 aliphatic carbocycles. The van der Waals surface area contributed by atoms with Gasteiger partial charge in [0, 0.05) is 15.5 Å². The monoisotopic (exact) mass is 233 g/mol. The van der Waals surface area contributed by atoms with Crippen LogP contribution in [0.4, 0.5) is 10.1 Å². The summed E-state index contributed by atoms with van der Waals surface area (Å²) in [5.41, 5.74) is 7.24. The Morgan fingerprint density at radius 2 is 1.88 bits per heavy atom. The van der Waals surface area contributed by atoms with Gasteiger partial charge in [0.2, 0.25) is 0 Å². The van der Waals surface area contributed by atoms with Gasteiger partial charge in [-0.2, -0.15) is 0 Å². The Morgan fingerprint density at radius 1 is 1.12 bits per heavy atom. The van der Waals surface area contributed by atoms with Gasteiger partial charge in [-0.25, -0.2) is 4.39 Å². The lowest BCUT2D eigenvalue weighted by Crippen LogP contribution is -1.87. The van der Waals surface area contributed by atoms with E-state index in [9.17, 15) is 4.39 Å². The van der Waals surface area contributed by atoms with Gasteiger partial charge >= 0.3 is 0 Å². The molecular formula is C13H12FNS. The van der Waals surface area contributed by atoms with Gasteiger partial charge in [-0.05, 0) is 42.8 Å². The zero-order valence-electron chi connectivity index (χ0n) is 8.91. The average Bonchev–Trinajstić information content (AvgIpc) is 2.27. The van der Waals surface area contributed by atoms with Crippen molar-refractivity contribution < 1.29 is 4.39 Å². The Morgan fingerprint density at radius 3 is 2.56 bits per heavy atom. The normalized spacial score (nSPS) is 10.4. The van der Waals surface area contributed by atoms with Crippen LogP contribution in [0.15, 0.2) is 52.3 Å². The SMILES string of the molecule is Cc1cc(Sc2ccccc2N)ccc1F. The third-order valence-corrected chi connectivity index (χ3v) is 3.36. The average molecular weight is 233 g/mol. The molecular weight excluding hydrogens is 221 g/mol. The van der Waals surface area contributed by atoms with Crippen molar-refractivity contribution in [2.24, 2.45) is 0 Å². The Balaban J connectivity index is 2.28. The molecule has 0 aliphatic rings. The first kappa shape index (κ1) is 11.0. The highest BCUT2D eigenvalue weighted by molar-refractivity contribution is 7.99. The number of nitrogens with two attached hydrogens (primary N) is 1. The van der Waals surface area contributed by atoms with E-state index in [0.717, 1.165) is 15.5 Å². The molecule has 0 saturated heterocycles. The summed E-state index contributed by atoms with van der Waals surface area (Å²) < 4.78 is 13.1. The van der Waals surface area contributed by atoms with E-state index >= 15 is 0 Å². The van der Waals surface area contributed by atoms with Crippen LogP contribution in [0, 0.1) is 12.7 Å². The van der Waals surface area contributed by atoms with Crippen molar-refractivity contribution >= 4 is 17.4 Å². The second-order valence-electron chi connectivity index (χ2n) is 3.55. The molecule has 0 bridgehead atoms. The van der Waals surface area contributed by atoms with E-state index in [2.05, 4.69) is 0 Å². The van der Waals surface area contributed by atoms with Gasteiger partial charge in [-0.1, -0.05) is 23.9 Å². The summed E-state index contributed by atoms with van der Waals surface area (Å²) in [5.74, 6) is -0.176. The second-order valence-corrected chi connectivity index (χ2v) is 4.67. The maximum absolute atomic E-state index is 13.1. The van der Waals surface area contributed by atoms with Crippen molar-refractivity contribution in [3.63, 3.8) is 0 Å². The summed E-state index contributed by atoms with van der Waals surface area (Å²) in [7, 11) is 0. The quantitative estimate of drug-likeness (QED) is 0.797. The Kier molecular flexibility index (Phi) is 3.15. The summed E-state index contributed by atoms with van der Waals surface area (Å²) in [6.07, 6.45) is 0. The van der Waals surface area contributed by atoms with Gasteiger partial charge in [0.15, 0.2) is 0 Å². The smallest absolute Gasteiger partial charge is 0.126 e. The van der Waals surface area contributed by atoms with Crippen LogP contribution in [0.5, 0.6) is 0 Å². The molecule has 3 heteroatoms. The number of hydrogen-bond acceptors (Lipinski definition) is 2. The van der Waals surface area contributed by atoms with Crippen molar-refractivity contribution in [1.82, 2.24) is 0 Å². The molecule has 0 radical (unpaired) electrons. The lowest BCUT2D eigenvalue weighted by atomic mass is 10.2. The number of para-hydroxylation sites is 1. The van der Waals surface area contributed by atoms with Crippen LogP contribution < -0.4 is 5.73 Å².